The number of benzene rings is 1. The molecule has 5 nitrogen and oxygen atoms in total. The molecule has 0 aromatic heterocycles. The molecule has 23 heavy (non-hydrogen) atoms. The Bertz CT molecular complexity index is 532. The highest BCUT2D eigenvalue weighted by atomic mass is 32.1. The van der Waals surface area contributed by atoms with Gasteiger partial charge in [-0.1, -0.05) is 12.1 Å². The molecule has 1 aromatic rings. The van der Waals surface area contributed by atoms with Crippen LogP contribution in [0.1, 0.15) is 26.3 Å². The zero-order chi connectivity index (χ0) is 16.6. The maximum atomic E-state index is 6.06. The molecule has 2 aliphatic heterocycles. The second-order valence-electron chi connectivity index (χ2n) is 6.42. The Labute approximate surface area is 142 Å². The van der Waals surface area contributed by atoms with Crippen LogP contribution in [0.2, 0.25) is 0 Å². The molecule has 0 spiro atoms. The van der Waals surface area contributed by atoms with Crippen molar-refractivity contribution < 1.29 is 23.7 Å². The fraction of sp³-hybridized carbons (Fsp3) is 0.647. The molecule has 2 fully saturated rings. The molecular weight excluding hydrogens is 316 g/mol. The SMILES string of the molecule is COc1ccc(CO[C@H]2[C@@H]3OC(C)(C)O[C@@H]3[C@H](C)O[C@@H]2S)cc1. The van der Waals surface area contributed by atoms with Crippen LogP contribution in [0.5, 0.6) is 5.75 Å². The van der Waals surface area contributed by atoms with Crippen molar-refractivity contribution in [3.05, 3.63) is 29.8 Å². The Hall–Kier alpha value is -0.790. The number of hydrogen-bond donors (Lipinski definition) is 1. The molecular formula is C17H24O5S. The molecule has 1 aromatic carbocycles. The first-order valence-electron chi connectivity index (χ1n) is 7.83. The van der Waals surface area contributed by atoms with Crippen LogP contribution in [0.15, 0.2) is 24.3 Å². The molecule has 0 unspecified atom stereocenters. The smallest absolute Gasteiger partial charge is 0.164 e. The van der Waals surface area contributed by atoms with Crippen molar-refractivity contribution in [3.63, 3.8) is 0 Å². The molecule has 0 amide bonds. The van der Waals surface area contributed by atoms with E-state index < -0.39 is 5.79 Å². The molecule has 0 bridgehead atoms. The first-order valence-corrected chi connectivity index (χ1v) is 8.35. The van der Waals surface area contributed by atoms with E-state index in [2.05, 4.69) is 12.6 Å². The summed E-state index contributed by atoms with van der Waals surface area (Å²) in [5.41, 5.74) is 0.710. The summed E-state index contributed by atoms with van der Waals surface area (Å²) in [4.78, 5) is 0. The summed E-state index contributed by atoms with van der Waals surface area (Å²) in [5, 5.41) is 0. The lowest BCUT2D eigenvalue weighted by Gasteiger charge is -2.39. The van der Waals surface area contributed by atoms with Gasteiger partial charge in [-0.25, -0.2) is 0 Å². The summed E-state index contributed by atoms with van der Waals surface area (Å²) >= 11 is 4.53. The number of methoxy groups -OCH3 is 1. The van der Waals surface area contributed by atoms with E-state index in [1.165, 1.54) is 0 Å². The van der Waals surface area contributed by atoms with Crippen molar-refractivity contribution in [2.45, 2.75) is 63.0 Å². The molecule has 0 aliphatic carbocycles. The molecule has 2 heterocycles. The van der Waals surface area contributed by atoms with E-state index in [1.807, 2.05) is 45.0 Å². The Kier molecular flexibility index (Phi) is 4.90. The molecule has 2 aliphatic rings. The van der Waals surface area contributed by atoms with Crippen molar-refractivity contribution in [1.29, 1.82) is 0 Å². The standard InChI is InChI=1S/C17H24O5S/c1-10-13-14(22-17(2,3)21-13)15(16(23)20-10)19-9-11-5-7-12(18-4)8-6-11/h5-8,10,13-16,23H,9H2,1-4H3/t10-,13+,14+,15-,16+/m0/s1. The fourth-order valence-electron chi connectivity index (χ4n) is 3.06. The molecule has 0 radical (unpaired) electrons. The van der Waals surface area contributed by atoms with Gasteiger partial charge in [-0.3, -0.25) is 0 Å². The largest absolute Gasteiger partial charge is 0.497 e. The van der Waals surface area contributed by atoms with Crippen molar-refractivity contribution in [3.8, 4) is 5.75 Å². The van der Waals surface area contributed by atoms with E-state index >= 15 is 0 Å². The minimum absolute atomic E-state index is 0.0786. The maximum Gasteiger partial charge on any atom is 0.164 e. The number of hydrogen-bond acceptors (Lipinski definition) is 6. The van der Waals surface area contributed by atoms with Crippen LogP contribution in [0.3, 0.4) is 0 Å². The summed E-state index contributed by atoms with van der Waals surface area (Å²) < 4.78 is 29.1. The van der Waals surface area contributed by atoms with Crippen molar-refractivity contribution in [2.24, 2.45) is 0 Å². The summed E-state index contributed by atoms with van der Waals surface area (Å²) in [7, 11) is 1.65. The zero-order valence-electron chi connectivity index (χ0n) is 13.9. The average Bonchev–Trinajstić information content (AvgIpc) is 2.83. The molecule has 3 rings (SSSR count). The average molecular weight is 340 g/mol. The van der Waals surface area contributed by atoms with E-state index in [-0.39, 0.29) is 29.9 Å². The van der Waals surface area contributed by atoms with Gasteiger partial charge >= 0.3 is 0 Å². The highest BCUT2D eigenvalue weighted by Crippen LogP contribution is 2.39. The van der Waals surface area contributed by atoms with Crippen molar-refractivity contribution >= 4 is 12.6 Å². The normalized spacial score (nSPS) is 35.8. The summed E-state index contributed by atoms with van der Waals surface area (Å²) in [6.45, 7) is 6.25. The highest BCUT2D eigenvalue weighted by molar-refractivity contribution is 7.80. The Morgan fingerprint density at radius 1 is 1.13 bits per heavy atom. The number of rotatable bonds is 4. The predicted octanol–water partition coefficient (Wildman–Crippen LogP) is 2.78. The number of ether oxygens (including phenoxy) is 5. The van der Waals surface area contributed by atoms with Gasteiger partial charge in [-0.15, -0.1) is 12.6 Å². The summed E-state index contributed by atoms with van der Waals surface area (Å²) in [5.74, 6) is 0.192. The van der Waals surface area contributed by atoms with Crippen LogP contribution in [-0.2, 0) is 25.6 Å². The van der Waals surface area contributed by atoms with E-state index in [0.717, 1.165) is 11.3 Å². The molecule has 2 saturated heterocycles. The second-order valence-corrected chi connectivity index (χ2v) is 6.93. The quantitative estimate of drug-likeness (QED) is 0.854. The van der Waals surface area contributed by atoms with Crippen molar-refractivity contribution in [1.82, 2.24) is 0 Å². The van der Waals surface area contributed by atoms with Crippen LogP contribution in [0.25, 0.3) is 0 Å². The summed E-state index contributed by atoms with van der Waals surface area (Å²) in [6.07, 6.45) is -0.697. The first-order chi connectivity index (χ1) is 10.9. The minimum Gasteiger partial charge on any atom is -0.497 e. The van der Waals surface area contributed by atoms with Crippen LogP contribution in [0, 0.1) is 0 Å². The molecule has 6 heteroatoms. The van der Waals surface area contributed by atoms with Crippen LogP contribution >= 0.6 is 12.6 Å². The molecule has 0 N–H and O–H groups in total. The van der Waals surface area contributed by atoms with Gasteiger partial charge in [-0.2, -0.15) is 0 Å². The lowest BCUT2D eigenvalue weighted by molar-refractivity contribution is -0.175. The van der Waals surface area contributed by atoms with Crippen LogP contribution in [0.4, 0.5) is 0 Å². The zero-order valence-corrected chi connectivity index (χ0v) is 14.8. The van der Waals surface area contributed by atoms with Crippen LogP contribution in [-0.4, -0.2) is 42.7 Å². The van der Waals surface area contributed by atoms with Gasteiger partial charge in [0, 0.05) is 0 Å². The molecule has 128 valence electrons. The van der Waals surface area contributed by atoms with E-state index in [1.54, 1.807) is 7.11 Å². The topological polar surface area (TPSA) is 46.2 Å². The van der Waals surface area contributed by atoms with Gasteiger partial charge in [0.1, 0.15) is 29.5 Å². The van der Waals surface area contributed by atoms with Crippen molar-refractivity contribution in [2.75, 3.05) is 7.11 Å². The third-order valence-electron chi connectivity index (χ3n) is 4.19. The van der Waals surface area contributed by atoms with Crippen LogP contribution < -0.4 is 4.74 Å². The maximum absolute atomic E-state index is 6.06. The van der Waals surface area contributed by atoms with Gasteiger partial charge < -0.3 is 23.7 Å². The van der Waals surface area contributed by atoms with Gasteiger partial charge in [0.15, 0.2) is 5.79 Å². The second kappa shape index (κ2) is 6.61. The minimum atomic E-state index is -0.632. The lowest BCUT2D eigenvalue weighted by atomic mass is 10.0. The Balaban J connectivity index is 1.67. The monoisotopic (exact) mass is 340 g/mol. The van der Waals surface area contributed by atoms with E-state index in [0.29, 0.717) is 6.61 Å². The van der Waals surface area contributed by atoms with Gasteiger partial charge in [0.05, 0.1) is 19.8 Å². The predicted molar refractivity (Wildman–Crippen MR) is 88.7 cm³/mol. The van der Waals surface area contributed by atoms with Gasteiger partial charge in [0.25, 0.3) is 0 Å². The van der Waals surface area contributed by atoms with Gasteiger partial charge in [0.2, 0.25) is 0 Å². The molecule has 0 saturated carbocycles. The Morgan fingerprint density at radius 3 is 2.43 bits per heavy atom. The van der Waals surface area contributed by atoms with Gasteiger partial charge in [-0.05, 0) is 38.5 Å². The van der Waals surface area contributed by atoms with E-state index in [4.69, 9.17) is 23.7 Å². The lowest BCUT2D eigenvalue weighted by Crippen LogP contribution is -2.54. The molecule has 5 atom stereocenters. The third-order valence-corrected chi connectivity index (χ3v) is 4.60. The summed E-state index contributed by atoms with van der Waals surface area (Å²) in [6, 6.07) is 7.78. The Morgan fingerprint density at radius 2 is 1.78 bits per heavy atom. The fourth-order valence-corrected chi connectivity index (χ4v) is 3.51. The first kappa shape index (κ1) is 17.0. The highest BCUT2D eigenvalue weighted by Gasteiger charge is 2.53. The van der Waals surface area contributed by atoms with E-state index in [9.17, 15) is 0 Å². The number of thiol groups is 1. The number of fused-ring (bicyclic) bond motifs is 1. The third kappa shape index (κ3) is 3.67.